The van der Waals surface area contributed by atoms with Crippen molar-refractivity contribution >= 4 is 50.0 Å². The molecule has 1 saturated heterocycles. The summed E-state index contributed by atoms with van der Waals surface area (Å²) in [6.07, 6.45) is 1.91. The Kier molecular flexibility index (Phi) is 5.67. The number of amides is 1. The van der Waals surface area contributed by atoms with Crippen LogP contribution in [0.2, 0.25) is 5.02 Å². The number of carbonyl (C=O) groups is 2. The Bertz CT molecular complexity index is 1070. The van der Waals surface area contributed by atoms with Gasteiger partial charge in [0.05, 0.1) is 22.9 Å². The number of halogens is 1. The average molecular weight is 429 g/mol. The second-order valence-electron chi connectivity index (χ2n) is 7.20. The van der Waals surface area contributed by atoms with Crippen molar-refractivity contribution in [3.05, 3.63) is 58.1 Å². The number of fused-ring (bicyclic) bond motifs is 1. The van der Waals surface area contributed by atoms with E-state index in [1.807, 2.05) is 19.1 Å². The molecule has 2 aromatic carbocycles. The maximum absolute atomic E-state index is 13.4. The number of ether oxygens (including phenoxy) is 1. The Hall–Kier alpha value is -2.28. The van der Waals surface area contributed by atoms with Crippen LogP contribution in [0.5, 0.6) is 0 Å². The predicted octanol–water partition coefficient (Wildman–Crippen LogP) is 5.29. The lowest BCUT2D eigenvalue weighted by atomic mass is 10.1. The number of hydrogen-bond donors (Lipinski definition) is 0. The highest BCUT2D eigenvalue weighted by Gasteiger charge is 2.27. The molecule has 0 radical (unpaired) electrons. The standard InChI is InChI=1S/C22H21ClN2O3S/c1-13-18(23)9-10-19-20(13)24-22(29-19)25(12-17-4-3-11-28-17)21(27)16-7-5-15(6-8-16)14(2)26/h5-10,17H,3-4,11-12H2,1-2H3. The summed E-state index contributed by atoms with van der Waals surface area (Å²) >= 11 is 7.72. The van der Waals surface area contributed by atoms with E-state index in [-0.39, 0.29) is 17.8 Å². The molecule has 1 unspecified atom stereocenters. The van der Waals surface area contributed by atoms with Gasteiger partial charge in [-0.2, -0.15) is 0 Å². The summed E-state index contributed by atoms with van der Waals surface area (Å²) < 4.78 is 6.76. The number of rotatable bonds is 5. The third-order valence-corrected chi connectivity index (χ3v) is 6.61. The Balaban J connectivity index is 1.72. The van der Waals surface area contributed by atoms with Crippen LogP contribution in [0.4, 0.5) is 5.13 Å². The van der Waals surface area contributed by atoms with Crippen molar-refractivity contribution in [3.63, 3.8) is 0 Å². The van der Waals surface area contributed by atoms with E-state index in [0.717, 1.165) is 28.6 Å². The second-order valence-corrected chi connectivity index (χ2v) is 8.62. The lowest BCUT2D eigenvalue weighted by Gasteiger charge is -2.23. The summed E-state index contributed by atoms with van der Waals surface area (Å²) in [6.45, 7) is 4.60. The Morgan fingerprint density at radius 1 is 1.21 bits per heavy atom. The number of thiazole rings is 1. The van der Waals surface area contributed by atoms with Gasteiger partial charge < -0.3 is 4.74 Å². The van der Waals surface area contributed by atoms with Gasteiger partial charge in [0.25, 0.3) is 5.91 Å². The monoisotopic (exact) mass is 428 g/mol. The normalized spacial score (nSPS) is 16.3. The minimum Gasteiger partial charge on any atom is -0.376 e. The number of aryl methyl sites for hydroxylation is 1. The molecule has 0 saturated carbocycles. The maximum Gasteiger partial charge on any atom is 0.260 e. The Morgan fingerprint density at radius 2 is 1.93 bits per heavy atom. The molecule has 0 N–H and O–H groups in total. The van der Waals surface area contributed by atoms with Gasteiger partial charge in [0.15, 0.2) is 10.9 Å². The highest BCUT2D eigenvalue weighted by molar-refractivity contribution is 7.22. The molecule has 4 rings (SSSR count). The number of nitrogens with zero attached hydrogens (tertiary/aromatic N) is 2. The highest BCUT2D eigenvalue weighted by Crippen LogP contribution is 2.34. The van der Waals surface area contributed by atoms with Crippen LogP contribution in [-0.4, -0.2) is 35.9 Å². The van der Waals surface area contributed by atoms with Gasteiger partial charge in [0, 0.05) is 22.8 Å². The molecule has 1 atom stereocenters. The first-order valence-electron chi connectivity index (χ1n) is 9.54. The van der Waals surface area contributed by atoms with Crippen LogP contribution < -0.4 is 4.90 Å². The van der Waals surface area contributed by atoms with Crippen LogP contribution in [0, 0.1) is 6.92 Å². The molecule has 150 valence electrons. The van der Waals surface area contributed by atoms with Crippen LogP contribution in [0.1, 0.15) is 46.0 Å². The van der Waals surface area contributed by atoms with E-state index in [1.54, 1.807) is 29.2 Å². The zero-order valence-electron chi connectivity index (χ0n) is 16.3. The van der Waals surface area contributed by atoms with Crippen LogP contribution in [0.25, 0.3) is 10.2 Å². The van der Waals surface area contributed by atoms with Gasteiger partial charge in [-0.15, -0.1) is 0 Å². The molecule has 7 heteroatoms. The van der Waals surface area contributed by atoms with E-state index in [1.165, 1.54) is 18.3 Å². The van der Waals surface area contributed by atoms with E-state index in [4.69, 9.17) is 21.3 Å². The number of benzene rings is 2. The van der Waals surface area contributed by atoms with Gasteiger partial charge in [-0.3, -0.25) is 14.5 Å². The minimum atomic E-state index is -0.154. The molecule has 0 bridgehead atoms. The third kappa shape index (κ3) is 4.06. The number of ketones is 1. The first kappa shape index (κ1) is 20.0. The highest BCUT2D eigenvalue weighted by atomic mass is 35.5. The quantitative estimate of drug-likeness (QED) is 0.518. The molecule has 29 heavy (non-hydrogen) atoms. The molecule has 1 aromatic heterocycles. The number of hydrogen-bond acceptors (Lipinski definition) is 5. The maximum atomic E-state index is 13.4. The van der Waals surface area contributed by atoms with Crippen molar-refractivity contribution in [2.24, 2.45) is 0 Å². The number of Topliss-reactive ketones (excluding diaryl/α,β-unsaturated/α-hetero) is 1. The topological polar surface area (TPSA) is 59.5 Å². The van der Waals surface area contributed by atoms with Crippen LogP contribution in [0.15, 0.2) is 36.4 Å². The SMILES string of the molecule is CC(=O)c1ccc(C(=O)N(CC2CCCO2)c2nc3c(C)c(Cl)ccc3s2)cc1. The van der Waals surface area contributed by atoms with Crippen molar-refractivity contribution in [2.45, 2.75) is 32.8 Å². The second kappa shape index (κ2) is 8.22. The number of aromatic nitrogens is 1. The summed E-state index contributed by atoms with van der Waals surface area (Å²) in [5.41, 5.74) is 2.82. The molecular formula is C22H21ClN2O3S. The molecule has 1 aliphatic rings. The first-order valence-corrected chi connectivity index (χ1v) is 10.7. The van der Waals surface area contributed by atoms with Gasteiger partial charge in [0.2, 0.25) is 0 Å². The van der Waals surface area contributed by atoms with Crippen molar-refractivity contribution in [1.82, 2.24) is 4.98 Å². The number of carbonyl (C=O) groups excluding carboxylic acids is 2. The van der Waals surface area contributed by atoms with Crippen molar-refractivity contribution in [1.29, 1.82) is 0 Å². The summed E-state index contributed by atoms with van der Waals surface area (Å²) in [6, 6.07) is 10.5. The summed E-state index contributed by atoms with van der Waals surface area (Å²) in [7, 11) is 0. The van der Waals surface area contributed by atoms with Crippen LogP contribution in [0.3, 0.4) is 0 Å². The van der Waals surface area contributed by atoms with Gasteiger partial charge >= 0.3 is 0 Å². The molecule has 3 aromatic rings. The zero-order chi connectivity index (χ0) is 20.5. The molecule has 0 aliphatic carbocycles. The smallest absolute Gasteiger partial charge is 0.260 e. The van der Waals surface area contributed by atoms with E-state index >= 15 is 0 Å². The Labute approximate surface area is 178 Å². The minimum absolute atomic E-state index is 0.00728. The molecule has 5 nitrogen and oxygen atoms in total. The summed E-state index contributed by atoms with van der Waals surface area (Å²) in [5, 5.41) is 1.28. The first-order chi connectivity index (χ1) is 13.9. The zero-order valence-corrected chi connectivity index (χ0v) is 17.8. The largest absolute Gasteiger partial charge is 0.376 e. The van der Waals surface area contributed by atoms with Crippen molar-refractivity contribution in [3.8, 4) is 0 Å². The lowest BCUT2D eigenvalue weighted by molar-refractivity contribution is 0.0916. The van der Waals surface area contributed by atoms with E-state index in [9.17, 15) is 9.59 Å². The van der Waals surface area contributed by atoms with E-state index in [0.29, 0.717) is 34.4 Å². The third-order valence-electron chi connectivity index (χ3n) is 5.16. The van der Waals surface area contributed by atoms with Gasteiger partial charge in [-0.1, -0.05) is 35.1 Å². The van der Waals surface area contributed by atoms with E-state index < -0.39 is 0 Å². The molecule has 1 aliphatic heterocycles. The molecular weight excluding hydrogens is 408 g/mol. The Morgan fingerprint density at radius 3 is 2.59 bits per heavy atom. The number of anilines is 1. The van der Waals surface area contributed by atoms with Gasteiger partial charge in [-0.25, -0.2) is 4.98 Å². The van der Waals surface area contributed by atoms with E-state index in [2.05, 4.69) is 0 Å². The summed E-state index contributed by atoms with van der Waals surface area (Å²) in [5.74, 6) is -0.183. The van der Waals surface area contributed by atoms with Gasteiger partial charge in [0.1, 0.15) is 0 Å². The molecule has 2 heterocycles. The van der Waals surface area contributed by atoms with Crippen molar-refractivity contribution < 1.29 is 14.3 Å². The van der Waals surface area contributed by atoms with Crippen LogP contribution >= 0.6 is 22.9 Å². The fourth-order valence-corrected chi connectivity index (χ4v) is 4.63. The van der Waals surface area contributed by atoms with Crippen LogP contribution in [-0.2, 0) is 4.74 Å². The molecule has 1 fully saturated rings. The van der Waals surface area contributed by atoms with Crippen molar-refractivity contribution in [2.75, 3.05) is 18.1 Å². The average Bonchev–Trinajstić information content (AvgIpc) is 3.38. The fraction of sp³-hybridized carbons (Fsp3) is 0.318. The molecule has 0 spiro atoms. The van der Waals surface area contributed by atoms with Gasteiger partial charge in [-0.05, 0) is 56.5 Å². The predicted molar refractivity (Wildman–Crippen MR) is 116 cm³/mol. The molecule has 1 amide bonds. The lowest BCUT2D eigenvalue weighted by Crippen LogP contribution is -2.37. The fourth-order valence-electron chi connectivity index (χ4n) is 3.45. The summed E-state index contributed by atoms with van der Waals surface area (Å²) in [4.78, 5) is 31.3.